The largest absolute Gasteiger partial charge is 0.114 e. The van der Waals surface area contributed by atoms with Crippen LogP contribution >= 0.6 is 8.58 Å². The van der Waals surface area contributed by atoms with Gasteiger partial charge in [-0.15, -0.1) is 8.58 Å². The van der Waals surface area contributed by atoms with Crippen LogP contribution in [0.2, 0.25) is 0 Å². The highest BCUT2D eigenvalue weighted by atomic mass is 31.1. The number of hydrogen-bond donors (Lipinski definition) is 0. The van der Waals surface area contributed by atoms with Gasteiger partial charge in [0, 0.05) is 0 Å². The fourth-order valence-corrected chi connectivity index (χ4v) is 1.25. The van der Waals surface area contributed by atoms with E-state index in [1.54, 1.807) is 0 Å². The number of hydrogen-bond acceptors (Lipinski definition) is 0. The molecule has 1 aliphatic heterocycles. The second-order valence-corrected chi connectivity index (χ2v) is 2.54. The molecule has 0 aromatic rings. The molecule has 0 bridgehead atoms. The first kappa shape index (κ1) is 4.33. The molecule has 0 saturated carbocycles. The summed E-state index contributed by atoms with van der Waals surface area (Å²) in [6.07, 6.45) is 9.30. The van der Waals surface area contributed by atoms with Gasteiger partial charge < -0.3 is 0 Å². The van der Waals surface area contributed by atoms with Crippen LogP contribution in [0.5, 0.6) is 0 Å². The highest BCUT2D eigenvalue weighted by Crippen LogP contribution is 2.20. The number of rotatable bonds is 0. The zero-order valence-electron chi connectivity index (χ0n) is 3.65. The van der Waals surface area contributed by atoms with Crippen LogP contribution in [0.1, 0.15) is 6.42 Å². The van der Waals surface area contributed by atoms with Crippen molar-refractivity contribution in [2.24, 2.45) is 0 Å². The molecule has 6 heavy (non-hydrogen) atoms. The molecule has 1 unspecified atom stereocenters. The van der Waals surface area contributed by atoms with E-state index in [1.165, 1.54) is 12.6 Å². The molecule has 0 fully saturated rings. The first-order valence-electron chi connectivity index (χ1n) is 2.20. The van der Waals surface area contributed by atoms with E-state index in [9.17, 15) is 0 Å². The Morgan fingerprint density at radius 2 is 2.33 bits per heavy atom. The maximum atomic E-state index is 2.33. The van der Waals surface area contributed by atoms with Crippen molar-refractivity contribution < 1.29 is 0 Å². The Balaban J connectivity index is 2.26. The average Bonchev–Trinajstić information content (AvgIpc) is 1.72. The van der Waals surface area contributed by atoms with Crippen molar-refractivity contribution in [3.05, 3.63) is 18.3 Å². The summed E-state index contributed by atoms with van der Waals surface area (Å²) in [6, 6.07) is 0. The Hall–Kier alpha value is 0.170. The van der Waals surface area contributed by atoms with Crippen LogP contribution in [0.15, 0.2) is 12.2 Å². The lowest BCUT2D eigenvalue weighted by Crippen LogP contribution is -1.74. The Labute approximate surface area is 40.4 Å². The van der Waals surface area contributed by atoms with Crippen molar-refractivity contribution in [2.75, 3.05) is 6.16 Å². The van der Waals surface area contributed by atoms with E-state index in [0.717, 1.165) is 8.58 Å². The van der Waals surface area contributed by atoms with Gasteiger partial charge in [-0.2, -0.15) is 0 Å². The third-order valence-corrected chi connectivity index (χ3v) is 1.80. The zero-order valence-corrected chi connectivity index (χ0v) is 4.65. The van der Waals surface area contributed by atoms with E-state index in [1.807, 2.05) is 0 Å². The molecule has 1 heteroatoms. The van der Waals surface area contributed by atoms with Gasteiger partial charge >= 0.3 is 0 Å². The van der Waals surface area contributed by atoms with Gasteiger partial charge in [-0.25, -0.2) is 0 Å². The summed E-state index contributed by atoms with van der Waals surface area (Å²) in [5.41, 5.74) is 0. The van der Waals surface area contributed by atoms with Gasteiger partial charge in [-0.3, -0.25) is 0 Å². The molecule has 1 atom stereocenters. The molecule has 0 N–H and O–H groups in total. The van der Waals surface area contributed by atoms with Crippen molar-refractivity contribution in [3.63, 3.8) is 0 Å². The third-order valence-electron chi connectivity index (χ3n) is 0.801. The second-order valence-electron chi connectivity index (χ2n) is 1.32. The van der Waals surface area contributed by atoms with Crippen molar-refractivity contribution in [2.45, 2.75) is 6.42 Å². The monoisotopic (exact) mass is 99.0 g/mol. The molecular weight excluding hydrogens is 91.0 g/mol. The summed E-state index contributed by atoms with van der Waals surface area (Å²) in [4.78, 5) is 0. The molecule has 0 nitrogen and oxygen atoms in total. The van der Waals surface area contributed by atoms with Crippen LogP contribution in [0.3, 0.4) is 0 Å². The van der Waals surface area contributed by atoms with E-state index >= 15 is 0 Å². The van der Waals surface area contributed by atoms with Gasteiger partial charge in [0.25, 0.3) is 0 Å². The van der Waals surface area contributed by atoms with Crippen LogP contribution in [0.4, 0.5) is 0 Å². The Bertz CT molecular complexity index is 49.0. The fourth-order valence-electron chi connectivity index (χ4n) is 0.482. The molecule has 33 valence electrons. The van der Waals surface area contributed by atoms with Crippen LogP contribution in [0.25, 0.3) is 0 Å². The Morgan fingerprint density at radius 1 is 1.33 bits per heavy atom. The minimum Gasteiger partial charge on any atom is -0.114 e. The van der Waals surface area contributed by atoms with Crippen LogP contribution in [-0.4, -0.2) is 6.16 Å². The maximum absolute atomic E-state index is 2.33. The van der Waals surface area contributed by atoms with Crippen molar-refractivity contribution in [1.82, 2.24) is 0 Å². The standard InChI is InChI=1S/C5H8P/c1-2-4-6-5-3-1/h1-2,5-6H,3-4H2. The summed E-state index contributed by atoms with van der Waals surface area (Å²) in [5.74, 6) is 0. The molecule has 1 aliphatic rings. The minimum atomic E-state index is 1.09. The topological polar surface area (TPSA) is 0 Å². The lowest BCUT2D eigenvalue weighted by Gasteiger charge is -1.97. The maximum Gasteiger partial charge on any atom is -0.0131 e. The van der Waals surface area contributed by atoms with Gasteiger partial charge in [-0.05, 0) is 18.7 Å². The second kappa shape index (κ2) is 2.36. The first-order chi connectivity index (χ1) is 3.00. The SMILES string of the molecule is [CH]1CC=CCP1. The van der Waals surface area contributed by atoms with E-state index in [2.05, 4.69) is 18.3 Å². The van der Waals surface area contributed by atoms with Gasteiger partial charge in [0.15, 0.2) is 0 Å². The van der Waals surface area contributed by atoms with Crippen molar-refractivity contribution in [1.29, 1.82) is 0 Å². The van der Waals surface area contributed by atoms with E-state index in [4.69, 9.17) is 0 Å². The summed E-state index contributed by atoms with van der Waals surface area (Å²) in [5, 5.41) is 0. The Morgan fingerprint density at radius 3 is 2.50 bits per heavy atom. The number of allylic oxidation sites excluding steroid dienone is 2. The van der Waals surface area contributed by atoms with E-state index in [-0.39, 0.29) is 0 Å². The Kier molecular flexibility index (Phi) is 1.71. The lowest BCUT2D eigenvalue weighted by atomic mass is 10.4. The molecule has 0 amide bonds. The molecule has 0 aromatic heterocycles. The molecule has 0 spiro atoms. The highest BCUT2D eigenvalue weighted by Gasteiger charge is 1.87. The minimum absolute atomic E-state index is 1.09. The average molecular weight is 99.1 g/mol. The summed E-state index contributed by atoms with van der Waals surface area (Å²) in [6.45, 7) is 0. The predicted molar refractivity (Wildman–Crippen MR) is 31.2 cm³/mol. The van der Waals surface area contributed by atoms with E-state index in [0.29, 0.717) is 0 Å². The molecule has 1 rings (SSSR count). The fraction of sp³-hybridized carbons (Fsp3) is 0.400. The summed E-state index contributed by atoms with van der Waals surface area (Å²) < 4.78 is 0. The normalized spacial score (nSPS) is 25.3. The lowest BCUT2D eigenvalue weighted by molar-refractivity contribution is 1.32. The molecule has 1 radical (unpaired) electrons. The van der Waals surface area contributed by atoms with Crippen LogP contribution in [0, 0.1) is 6.16 Å². The quantitative estimate of drug-likeness (QED) is 0.321. The molecule has 1 heterocycles. The van der Waals surface area contributed by atoms with Gasteiger partial charge in [0.2, 0.25) is 0 Å². The van der Waals surface area contributed by atoms with Crippen molar-refractivity contribution in [3.8, 4) is 0 Å². The van der Waals surface area contributed by atoms with Gasteiger partial charge in [0.05, 0.1) is 0 Å². The molecule has 0 aromatic carbocycles. The molecule has 0 aliphatic carbocycles. The van der Waals surface area contributed by atoms with Gasteiger partial charge in [0.1, 0.15) is 0 Å². The third kappa shape index (κ3) is 1.10. The zero-order chi connectivity index (χ0) is 4.24. The smallest absolute Gasteiger partial charge is 0.0131 e. The van der Waals surface area contributed by atoms with Crippen molar-refractivity contribution >= 4 is 8.58 Å². The van der Waals surface area contributed by atoms with Gasteiger partial charge in [-0.1, -0.05) is 12.2 Å². The summed E-state index contributed by atoms with van der Waals surface area (Å²) >= 11 is 0. The van der Waals surface area contributed by atoms with Crippen LogP contribution < -0.4 is 0 Å². The predicted octanol–water partition coefficient (Wildman–Crippen LogP) is 1.79. The first-order valence-corrected chi connectivity index (χ1v) is 3.48. The van der Waals surface area contributed by atoms with Crippen LogP contribution in [-0.2, 0) is 0 Å². The molecule has 0 saturated heterocycles. The highest BCUT2D eigenvalue weighted by molar-refractivity contribution is 7.40. The molecular formula is C5H8P. The summed E-state index contributed by atoms with van der Waals surface area (Å²) in [7, 11) is 1.09. The van der Waals surface area contributed by atoms with E-state index < -0.39 is 0 Å².